The van der Waals surface area contributed by atoms with Crippen LogP contribution >= 0.6 is 0 Å². The van der Waals surface area contributed by atoms with Crippen LogP contribution in [0.2, 0.25) is 0 Å². The minimum atomic E-state index is -0.0319. The summed E-state index contributed by atoms with van der Waals surface area (Å²) in [6.45, 7) is 3.49. The summed E-state index contributed by atoms with van der Waals surface area (Å²) in [5.74, 6) is 0.878. The third-order valence-corrected chi connectivity index (χ3v) is 5.47. The summed E-state index contributed by atoms with van der Waals surface area (Å²) in [7, 11) is 1.87. The summed E-state index contributed by atoms with van der Waals surface area (Å²) in [6, 6.07) is 5.79. The maximum absolute atomic E-state index is 12.8. The maximum Gasteiger partial charge on any atom is 0.227 e. The Morgan fingerprint density at radius 1 is 1.21 bits per heavy atom. The van der Waals surface area contributed by atoms with Gasteiger partial charge in [-0.3, -0.25) is 9.48 Å². The van der Waals surface area contributed by atoms with Crippen LogP contribution in [0.5, 0.6) is 0 Å². The van der Waals surface area contributed by atoms with Gasteiger partial charge in [-0.15, -0.1) is 15.3 Å². The highest BCUT2D eigenvalue weighted by Crippen LogP contribution is 2.24. The molecule has 1 amide bonds. The molecule has 1 aliphatic rings. The lowest BCUT2D eigenvalue weighted by atomic mass is 9.96. The number of nitrogens with zero attached hydrogens (tertiary/aromatic N) is 8. The van der Waals surface area contributed by atoms with Crippen LogP contribution in [0, 0.1) is 12.8 Å². The summed E-state index contributed by atoms with van der Waals surface area (Å²) in [5, 5.41) is 20.7. The SMILES string of the molecule is Cc1nn(C)c2ncc(NC(=O)C3CCN(c4ccc5nncn5n4)CC3)cc12. The van der Waals surface area contributed by atoms with Gasteiger partial charge in [0.2, 0.25) is 5.91 Å². The summed E-state index contributed by atoms with van der Waals surface area (Å²) in [6.07, 6.45) is 4.83. The average Bonchev–Trinajstić information content (AvgIpc) is 3.31. The van der Waals surface area contributed by atoms with Gasteiger partial charge in [-0.25, -0.2) is 4.98 Å². The number of hydrogen-bond acceptors (Lipinski definition) is 7. The molecule has 4 aromatic heterocycles. The number of piperidine rings is 1. The Hall–Kier alpha value is -3.56. The quantitative estimate of drug-likeness (QED) is 0.565. The van der Waals surface area contributed by atoms with Crippen molar-refractivity contribution in [3.05, 3.63) is 36.4 Å². The molecule has 10 heteroatoms. The second-order valence-electron chi connectivity index (χ2n) is 7.38. The van der Waals surface area contributed by atoms with E-state index in [0.29, 0.717) is 5.69 Å². The van der Waals surface area contributed by atoms with Gasteiger partial charge in [0, 0.05) is 31.4 Å². The normalized spacial score (nSPS) is 15.3. The third-order valence-electron chi connectivity index (χ3n) is 5.47. The second kappa shape index (κ2) is 6.80. The molecule has 0 spiro atoms. The number of hydrogen-bond donors (Lipinski definition) is 1. The largest absolute Gasteiger partial charge is 0.355 e. The molecule has 10 nitrogen and oxygen atoms in total. The molecule has 1 aliphatic heterocycles. The zero-order chi connectivity index (χ0) is 20.0. The highest BCUT2D eigenvalue weighted by atomic mass is 16.1. The van der Waals surface area contributed by atoms with Gasteiger partial charge >= 0.3 is 0 Å². The molecule has 148 valence electrons. The molecule has 1 fully saturated rings. The topological polar surface area (TPSA) is 106 Å². The number of carbonyl (C=O) groups is 1. The standard InChI is InChI=1S/C19H21N9O/c1-12-15-9-14(10-20-18(15)26(2)24-12)22-19(29)13-5-7-27(8-6-13)17-4-3-16-23-21-11-28(16)25-17/h3-4,9-11,13H,5-8H2,1-2H3,(H,22,29). The Kier molecular flexibility index (Phi) is 4.11. The van der Waals surface area contributed by atoms with Crippen LogP contribution in [0.1, 0.15) is 18.5 Å². The molecule has 1 saturated heterocycles. The van der Waals surface area contributed by atoms with E-state index in [-0.39, 0.29) is 11.8 Å². The van der Waals surface area contributed by atoms with E-state index < -0.39 is 0 Å². The van der Waals surface area contributed by atoms with Gasteiger partial charge in [0.15, 0.2) is 11.3 Å². The van der Waals surface area contributed by atoms with Crippen molar-refractivity contribution < 1.29 is 4.79 Å². The lowest BCUT2D eigenvalue weighted by molar-refractivity contribution is -0.120. The van der Waals surface area contributed by atoms with Crippen LogP contribution in [-0.2, 0) is 11.8 Å². The van der Waals surface area contributed by atoms with Crippen LogP contribution in [0.3, 0.4) is 0 Å². The summed E-state index contributed by atoms with van der Waals surface area (Å²) < 4.78 is 3.41. The molecule has 0 aromatic carbocycles. The summed E-state index contributed by atoms with van der Waals surface area (Å²) >= 11 is 0. The van der Waals surface area contributed by atoms with Crippen molar-refractivity contribution in [2.75, 3.05) is 23.3 Å². The molecule has 0 aliphatic carbocycles. The lowest BCUT2D eigenvalue weighted by Crippen LogP contribution is -2.38. The van der Waals surface area contributed by atoms with E-state index >= 15 is 0 Å². The first-order valence-corrected chi connectivity index (χ1v) is 9.61. The molecule has 5 rings (SSSR count). The van der Waals surface area contributed by atoms with Crippen LogP contribution < -0.4 is 10.2 Å². The zero-order valence-corrected chi connectivity index (χ0v) is 16.3. The van der Waals surface area contributed by atoms with Gasteiger partial charge in [-0.1, -0.05) is 0 Å². The second-order valence-corrected chi connectivity index (χ2v) is 7.38. The number of rotatable bonds is 3. The van der Waals surface area contributed by atoms with Crippen LogP contribution in [0.25, 0.3) is 16.7 Å². The molecule has 5 heterocycles. The zero-order valence-electron chi connectivity index (χ0n) is 16.3. The minimum absolute atomic E-state index is 0.0319. The van der Waals surface area contributed by atoms with Crippen molar-refractivity contribution in [1.29, 1.82) is 0 Å². The van der Waals surface area contributed by atoms with Crippen molar-refractivity contribution >= 4 is 34.1 Å². The first-order chi connectivity index (χ1) is 14.1. The van der Waals surface area contributed by atoms with E-state index in [1.807, 2.05) is 32.2 Å². The van der Waals surface area contributed by atoms with Gasteiger partial charge in [0.1, 0.15) is 12.1 Å². The summed E-state index contributed by atoms with van der Waals surface area (Å²) in [5.41, 5.74) is 3.14. The fourth-order valence-electron chi connectivity index (χ4n) is 3.88. The Morgan fingerprint density at radius 3 is 2.86 bits per heavy atom. The Bertz CT molecular complexity index is 1200. The van der Waals surface area contributed by atoms with Crippen LogP contribution in [0.4, 0.5) is 11.5 Å². The maximum atomic E-state index is 12.8. The van der Waals surface area contributed by atoms with Crippen LogP contribution in [0.15, 0.2) is 30.7 Å². The smallest absolute Gasteiger partial charge is 0.227 e. The lowest BCUT2D eigenvalue weighted by Gasteiger charge is -2.31. The number of aryl methyl sites for hydroxylation is 2. The monoisotopic (exact) mass is 391 g/mol. The van der Waals surface area contributed by atoms with E-state index in [0.717, 1.165) is 54.1 Å². The molecule has 0 bridgehead atoms. The fourth-order valence-corrected chi connectivity index (χ4v) is 3.88. The molecule has 0 saturated carbocycles. The molecular formula is C19H21N9O. The molecule has 4 aromatic rings. The van der Waals surface area contributed by atoms with Crippen molar-refractivity contribution in [2.45, 2.75) is 19.8 Å². The molecule has 0 unspecified atom stereocenters. The number of fused-ring (bicyclic) bond motifs is 2. The third kappa shape index (κ3) is 3.16. The highest BCUT2D eigenvalue weighted by molar-refractivity contribution is 5.94. The molecule has 0 radical (unpaired) electrons. The van der Waals surface area contributed by atoms with E-state index in [4.69, 9.17) is 0 Å². The van der Waals surface area contributed by atoms with Gasteiger partial charge < -0.3 is 10.2 Å². The van der Waals surface area contributed by atoms with E-state index in [1.165, 1.54) is 0 Å². The Labute approximate surface area is 166 Å². The highest BCUT2D eigenvalue weighted by Gasteiger charge is 2.26. The van der Waals surface area contributed by atoms with Gasteiger partial charge in [0.05, 0.1) is 17.6 Å². The number of carbonyl (C=O) groups excluding carboxylic acids is 1. The molecule has 29 heavy (non-hydrogen) atoms. The number of anilines is 2. The number of aromatic nitrogens is 7. The fraction of sp³-hybridized carbons (Fsp3) is 0.368. The number of nitrogens with one attached hydrogen (secondary N) is 1. The molecule has 1 N–H and O–H groups in total. The number of amides is 1. The van der Waals surface area contributed by atoms with Crippen molar-refractivity contribution in [3.8, 4) is 0 Å². The summed E-state index contributed by atoms with van der Waals surface area (Å²) in [4.78, 5) is 19.4. The van der Waals surface area contributed by atoms with Crippen molar-refractivity contribution in [1.82, 2.24) is 34.6 Å². The van der Waals surface area contributed by atoms with Gasteiger partial charge in [-0.05, 0) is 38.0 Å². The van der Waals surface area contributed by atoms with Crippen molar-refractivity contribution in [3.63, 3.8) is 0 Å². The average molecular weight is 391 g/mol. The van der Waals surface area contributed by atoms with E-state index in [2.05, 4.69) is 35.6 Å². The first-order valence-electron chi connectivity index (χ1n) is 9.61. The molecular weight excluding hydrogens is 370 g/mol. The Balaban J connectivity index is 1.24. The Morgan fingerprint density at radius 2 is 2.03 bits per heavy atom. The predicted octanol–water partition coefficient (Wildman–Crippen LogP) is 1.57. The van der Waals surface area contributed by atoms with Crippen molar-refractivity contribution in [2.24, 2.45) is 13.0 Å². The van der Waals surface area contributed by atoms with E-state index in [9.17, 15) is 4.79 Å². The minimum Gasteiger partial charge on any atom is -0.355 e. The van der Waals surface area contributed by atoms with E-state index in [1.54, 1.807) is 21.7 Å². The van der Waals surface area contributed by atoms with Gasteiger partial charge in [0.25, 0.3) is 0 Å². The first kappa shape index (κ1) is 17.5. The molecule has 0 atom stereocenters. The van der Waals surface area contributed by atoms with Crippen LogP contribution in [-0.4, -0.2) is 53.6 Å². The van der Waals surface area contributed by atoms with Gasteiger partial charge in [-0.2, -0.15) is 9.61 Å². The predicted molar refractivity (Wildman–Crippen MR) is 108 cm³/mol. The number of pyridine rings is 1.